The van der Waals surface area contributed by atoms with Crippen molar-refractivity contribution in [3.63, 3.8) is 0 Å². The van der Waals surface area contributed by atoms with Crippen LogP contribution in [0.5, 0.6) is 0 Å². The van der Waals surface area contributed by atoms with Gasteiger partial charge in [-0.1, -0.05) is 25.4 Å². The molecule has 2 aromatic rings. The van der Waals surface area contributed by atoms with Gasteiger partial charge >= 0.3 is 0 Å². The van der Waals surface area contributed by atoms with Gasteiger partial charge in [0.15, 0.2) is 0 Å². The summed E-state index contributed by atoms with van der Waals surface area (Å²) in [7, 11) is 0. The highest BCUT2D eigenvalue weighted by Crippen LogP contribution is 2.16. The van der Waals surface area contributed by atoms with Gasteiger partial charge in [0.05, 0.1) is 6.04 Å². The summed E-state index contributed by atoms with van der Waals surface area (Å²) < 4.78 is 0. The van der Waals surface area contributed by atoms with Gasteiger partial charge in [0.2, 0.25) is 5.91 Å². The molecular weight excluding hydrogens is 338 g/mol. The smallest absolute Gasteiger partial charge is 0.255 e. The van der Waals surface area contributed by atoms with Crippen molar-refractivity contribution in [1.82, 2.24) is 0 Å². The van der Waals surface area contributed by atoms with Crippen LogP contribution in [-0.2, 0) is 4.79 Å². The molecule has 2 amide bonds. The van der Waals surface area contributed by atoms with Crippen molar-refractivity contribution in [2.45, 2.75) is 26.3 Å². The van der Waals surface area contributed by atoms with Crippen LogP contribution in [0.4, 0.5) is 11.4 Å². The number of amides is 2. The topological polar surface area (TPSA) is 84.2 Å². The Balaban J connectivity index is 1.94. The molecule has 2 rings (SSSR count). The number of carbonyl (C=O) groups excluding carboxylic acids is 2. The number of halogens is 1. The molecular formula is C19H22ClN3O2. The Bertz CT molecular complexity index is 727. The molecule has 0 aliphatic rings. The molecule has 0 heterocycles. The maximum absolute atomic E-state index is 12.1. The van der Waals surface area contributed by atoms with E-state index in [1.165, 1.54) is 0 Å². The molecule has 0 saturated carbocycles. The summed E-state index contributed by atoms with van der Waals surface area (Å²) in [5, 5.41) is 6.14. The Hall–Kier alpha value is -2.37. The number of nitrogens with one attached hydrogen (secondary N) is 2. The Morgan fingerprint density at radius 3 is 2.00 bits per heavy atom. The zero-order chi connectivity index (χ0) is 18.4. The molecule has 5 nitrogen and oxygen atoms in total. The summed E-state index contributed by atoms with van der Waals surface area (Å²) >= 11 is 5.81. The highest BCUT2D eigenvalue weighted by molar-refractivity contribution is 6.30. The Morgan fingerprint density at radius 2 is 1.48 bits per heavy atom. The number of anilines is 2. The third kappa shape index (κ3) is 5.89. The van der Waals surface area contributed by atoms with Crippen molar-refractivity contribution in [1.29, 1.82) is 0 Å². The molecule has 6 heteroatoms. The fourth-order valence-corrected chi connectivity index (χ4v) is 2.42. The van der Waals surface area contributed by atoms with E-state index < -0.39 is 6.04 Å². The van der Waals surface area contributed by atoms with Crippen LogP contribution in [0.3, 0.4) is 0 Å². The van der Waals surface area contributed by atoms with Crippen LogP contribution in [0.15, 0.2) is 48.5 Å². The molecule has 0 fully saturated rings. The van der Waals surface area contributed by atoms with E-state index in [9.17, 15) is 9.59 Å². The van der Waals surface area contributed by atoms with E-state index in [-0.39, 0.29) is 11.8 Å². The second-order valence-corrected chi connectivity index (χ2v) is 6.70. The van der Waals surface area contributed by atoms with Crippen molar-refractivity contribution < 1.29 is 9.59 Å². The molecule has 0 aromatic heterocycles. The van der Waals surface area contributed by atoms with Crippen LogP contribution in [0.25, 0.3) is 0 Å². The van der Waals surface area contributed by atoms with Crippen molar-refractivity contribution in [2.24, 2.45) is 11.7 Å². The van der Waals surface area contributed by atoms with Gasteiger partial charge in [0.1, 0.15) is 0 Å². The van der Waals surface area contributed by atoms with Crippen LogP contribution in [0, 0.1) is 5.92 Å². The highest BCUT2D eigenvalue weighted by atomic mass is 35.5. The van der Waals surface area contributed by atoms with Crippen molar-refractivity contribution in [3.8, 4) is 0 Å². The van der Waals surface area contributed by atoms with Gasteiger partial charge in [-0.05, 0) is 60.9 Å². The zero-order valence-corrected chi connectivity index (χ0v) is 15.0. The standard InChI is InChI=1S/C19H22ClN3O2/c1-12(2)11-17(21)19(25)23-16-9-7-15(8-10-16)22-18(24)13-3-5-14(20)6-4-13/h3-10,12,17H,11,21H2,1-2H3,(H,22,24)(H,23,25)/t17-/m0/s1. The lowest BCUT2D eigenvalue weighted by molar-refractivity contribution is -0.117. The number of hydrogen-bond donors (Lipinski definition) is 3. The van der Waals surface area contributed by atoms with Crippen LogP contribution in [0.1, 0.15) is 30.6 Å². The largest absolute Gasteiger partial charge is 0.325 e. The summed E-state index contributed by atoms with van der Waals surface area (Å²) in [6.45, 7) is 4.04. The van der Waals surface area contributed by atoms with Gasteiger partial charge < -0.3 is 16.4 Å². The van der Waals surface area contributed by atoms with E-state index >= 15 is 0 Å². The van der Waals surface area contributed by atoms with E-state index in [1.807, 2.05) is 13.8 Å². The van der Waals surface area contributed by atoms with Crippen LogP contribution < -0.4 is 16.4 Å². The lowest BCUT2D eigenvalue weighted by Crippen LogP contribution is -2.36. The average molecular weight is 360 g/mol. The van der Waals surface area contributed by atoms with Gasteiger partial charge in [0.25, 0.3) is 5.91 Å². The first kappa shape index (κ1) is 19.0. The normalized spacial score (nSPS) is 11.9. The number of rotatable bonds is 6. The van der Waals surface area contributed by atoms with E-state index in [4.69, 9.17) is 17.3 Å². The molecule has 0 aliphatic carbocycles. The van der Waals surface area contributed by atoms with E-state index in [1.54, 1.807) is 48.5 Å². The maximum atomic E-state index is 12.1. The average Bonchev–Trinajstić information content (AvgIpc) is 2.56. The molecule has 132 valence electrons. The van der Waals surface area contributed by atoms with Crippen LogP contribution in [0.2, 0.25) is 5.02 Å². The van der Waals surface area contributed by atoms with E-state index in [2.05, 4.69) is 10.6 Å². The molecule has 4 N–H and O–H groups in total. The third-order valence-electron chi connectivity index (χ3n) is 3.58. The fraction of sp³-hybridized carbons (Fsp3) is 0.263. The SMILES string of the molecule is CC(C)C[C@H](N)C(=O)Nc1ccc(NC(=O)c2ccc(Cl)cc2)cc1. The lowest BCUT2D eigenvalue weighted by Gasteiger charge is -2.14. The number of hydrogen-bond acceptors (Lipinski definition) is 3. The lowest BCUT2D eigenvalue weighted by atomic mass is 10.0. The van der Waals surface area contributed by atoms with Crippen molar-refractivity contribution in [2.75, 3.05) is 10.6 Å². The third-order valence-corrected chi connectivity index (χ3v) is 3.83. The molecule has 2 aromatic carbocycles. The molecule has 0 bridgehead atoms. The second kappa shape index (κ2) is 8.65. The van der Waals surface area contributed by atoms with Gasteiger partial charge in [0, 0.05) is 22.0 Å². The minimum absolute atomic E-state index is 0.216. The number of carbonyl (C=O) groups is 2. The van der Waals surface area contributed by atoms with Crippen LogP contribution in [-0.4, -0.2) is 17.9 Å². The zero-order valence-electron chi connectivity index (χ0n) is 14.3. The molecule has 1 atom stereocenters. The summed E-state index contributed by atoms with van der Waals surface area (Å²) in [6.07, 6.45) is 0.626. The Morgan fingerprint density at radius 1 is 0.960 bits per heavy atom. The number of nitrogens with two attached hydrogens (primary N) is 1. The number of benzene rings is 2. The van der Waals surface area contributed by atoms with Gasteiger partial charge in [-0.3, -0.25) is 9.59 Å². The van der Waals surface area contributed by atoms with Gasteiger partial charge in [-0.25, -0.2) is 0 Å². The quantitative estimate of drug-likeness (QED) is 0.731. The minimum atomic E-state index is -0.538. The molecule has 25 heavy (non-hydrogen) atoms. The summed E-state index contributed by atoms with van der Waals surface area (Å²) in [4.78, 5) is 24.1. The van der Waals surface area contributed by atoms with Gasteiger partial charge in [-0.15, -0.1) is 0 Å². The highest BCUT2D eigenvalue weighted by Gasteiger charge is 2.15. The first-order valence-corrected chi connectivity index (χ1v) is 8.46. The van der Waals surface area contributed by atoms with Crippen LogP contribution >= 0.6 is 11.6 Å². The van der Waals surface area contributed by atoms with Gasteiger partial charge in [-0.2, -0.15) is 0 Å². The molecule has 0 radical (unpaired) electrons. The van der Waals surface area contributed by atoms with E-state index in [0.29, 0.717) is 34.3 Å². The first-order valence-electron chi connectivity index (χ1n) is 8.08. The first-order chi connectivity index (χ1) is 11.8. The Labute approximate surface area is 152 Å². The minimum Gasteiger partial charge on any atom is -0.325 e. The molecule has 0 spiro atoms. The maximum Gasteiger partial charge on any atom is 0.255 e. The predicted octanol–water partition coefficient (Wildman–Crippen LogP) is 3.90. The van der Waals surface area contributed by atoms with Crippen molar-refractivity contribution in [3.05, 3.63) is 59.1 Å². The monoisotopic (exact) mass is 359 g/mol. The molecule has 0 saturated heterocycles. The van der Waals surface area contributed by atoms with E-state index in [0.717, 1.165) is 0 Å². The summed E-state index contributed by atoms with van der Waals surface area (Å²) in [5.41, 5.74) is 7.64. The molecule has 0 aliphatic heterocycles. The summed E-state index contributed by atoms with van der Waals surface area (Å²) in [5.74, 6) is -0.0923. The Kier molecular flexibility index (Phi) is 6.56. The molecule has 0 unspecified atom stereocenters. The predicted molar refractivity (Wildman–Crippen MR) is 102 cm³/mol. The second-order valence-electron chi connectivity index (χ2n) is 6.26. The fourth-order valence-electron chi connectivity index (χ4n) is 2.29. The summed E-state index contributed by atoms with van der Waals surface area (Å²) in [6, 6.07) is 13.0. The van der Waals surface area contributed by atoms with Crippen molar-refractivity contribution >= 4 is 34.8 Å².